The molecule has 2 heteroatoms. The highest BCUT2D eigenvalue weighted by Gasteiger charge is 2.35. The second-order valence-corrected chi connectivity index (χ2v) is 7.25. The van der Waals surface area contributed by atoms with Gasteiger partial charge < -0.3 is 0 Å². The molecule has 0 aromatic carbocycles. The molecule has 1 aliphatic rings. The van der Waals surface area contributed by atoms with Crippen molar-refractivity contribution < 1.29 is 9.59 Å². The summed E-state index contributed by atoms with van der Waals surface area (Å²) in [6.45, 7) is 10.2. The predicted octanol–water partition coefficient (Wildman–Crippen LogP) is 4.41. The first-order chi connectivity index (χ1) is 8.77. The van der Waals surface area contributed by atoms with Gasteiger partial charge in [0.05, 0.1) is 0 Å². The molecule has 0 radical (unpaired) electrons. The highest BCUT2D eigenvalue weighted by Crippen LogP contribution is 2.35. The lowest BCUT2D eigenvalue weighted by molar-refractivity contribution is -0.134. The van der Waals surface area contributed by atoms with Gasteiger partial charge in [-0.15, -0.1) is 0 Å². The van der Waals surface area contributed by atoms with Gasteiger partial charge in [0.1, 0.15) is 11.6 Å². The maximum absolute atomic E-state index is 12.3. The van der Waals surface area contributed by atoms with Crippen molar-refractivity contribution in [3.63, 3.8) is 0 Å². The summed E-state index contributed by atoms with van der Waals surface area (Å²) in [5.41, 5.74) is -0.239. The lowest BCUT2D eigenvalue weighted by atomic mass is 9.71. The van der Waals surface area contributed by atoms with Gasteiger partial charge in [0.25, 0.3) is 0 Å². The summed E-state index contributed by atoms with van der Waals surface area (Å²) in [6, 6.07) is 0. The minimum absolute atomic E-state index is 0.186. The smallest absolute Gasteiger partial charge is 0.141 e. The molecule has 110 valence electrons. The highest BCUT2D eigenvalue weighted by atomic mass is 16.1. The third-order valence-electron chi connectivity index (χ3n) is 4.45. The van der Waals surface area contributed by atoms with Crippen molar-refractivity contribution >= 4 is 11.6 Å². The number of hydrogen-bond donors (Lipinski definition) is 0. The van der Waals surface area contributed by atoms with Crippen molar-refractivity contribution in [2.45, 2.75) is 73.1 Å². The van der Waals surface area contributed by atoms with Gasteiger partial charge in [-0.3, -0.25) is 9.59 Å². The molecule has 0 bridgehead atoms. The fourth-order valence-electron chi connectivity index (χ4n) is 3.23. The van der Waals surface area contributed by atoms with Crippen LogP contribution in [0.15, 0.2) is 0 Å². The Kier molecular flexibility index (Phi) is 5.76. The Labute approximate surface area is 118 Å². The zero-order chi connectivity index (χ0) is 14.6. The molecule has 2 nitrogen and oxygen atoms in total. The van der Waals surface area contributed by atoms with E-state index in [2.05, 4.69) is 13.8 Å². The topological polar surface area (TPSA) is 34.1 Å². The van der Waals surface area contributed by atoms with Gasteiger partial charge in [-0.05, 0) is 32.1 Å². The number of ketones is 2. The van der Waals surface area contributed by atoms with Crippen LogP contribution in [-0.2, 0) is 9.59 Å². The number of rotatable bonds is 5. The molecule has 0 N–H and O–H groups in total. The Morgan fingerprint density at radius 2 is 1.53 bits per heavy atom. The molecule has 0 amide bonds. The Hall–Kier alpha value is -0.660. The van der Waals surface area contributed by atoms with Crippen molar-refractivity contribution in [2.75, 3.05) is 0 Å². The quantitative estimate of drug-likeness (QED) is 0.738. The first-order valence-corrected chi connectivity index (χ1v) is 7.85. The Morgan fingerprint density at radius 3 is 1.95 bits per heavy atom. The summed E-state index contributed by atoms with van der Waals surface area (Å²) in [5.74, 6) is 1.41. The van der Waals surface area contributed by atoms with Crippen molar-refractivity contribution in [2.24, 2.45) is 23.2 Å². The summed E-state index contributed by atoms with van der Waals surface area (Å²) in [6.07, 6.45) is 5.72. The number of Topliss-reactive ketones (excluding diaryl/α,β-unsaturated/α-hetero) is 2. The lowest BCUT2D eigenvalue weighted by Gasteiger charge is -2.31. The van der Waals surface area contributed by atoms with Crippen LogP contribution in [0.4, 0.5) is 0 Å². The van der Waals surface area contributed by atoms with Gasteiger partial charge in [-0.1, -0.05) is 41.0 Å². The van der Waals surface area contributed by atoms with Gasteiger partial charge in [0.2, 0.25) is 0 Å². The summed E-state index contributed by atoms with van der Waals surface area (Å²) < 4.78 is 0. The van der Waals surface area contributed by atoms with Crippen LogP contribution in [0.5, 0.6) is 0 Å². The average Bonchev–Trinajstić information content (AvgIpc) is 2.36. The van der Waals surface area contributed by atoms with Crippen molar-refractivity contribution in [1.82, 2.24) is 0 Å². The molecule has 1 aliphatic carbocycles. The summed E-state index contributed by atoms with van der Waals surface area (Å²) >= 11 is 0. The molecule has 1 rings (SSSR count). The molecular formula is C17H30O2. The summed E-state index contributed by atoms with van der Waals surface area (Å²) in [7, 11) is 0. The van der Waals surface area contributed by atoms with E-state index in [1.807, 2.05) is 20.8 Å². The molecule has 1 saturated carbocycles. The van der Waals surface area contributed by atoms with E-state index >= 15 is 0 Å². The van der Waals surface area contributed by atoms with Crippen LogP contribution in [0.25, 0.3) is 0 Å². The standard InChI is InChI=1S/C17H30O2/c1-6-7-12(2)15(18)13-8-10-14(11-9-13)16(19)17(3,4)5/h12-14H,6-11H2,1-5H3. The second kappa shape index (κ2) is 6.67. The average molecular weight is 266 g/mol. The van der Waals surface area contributed by atoms with Crippen LogP contribution in [0.2, 0.25) is 0 Å². The molecule has 1 unspecified atom stereocenters. The van der Waals surface area contributed by atoms with Crippen LogP contribution in [0.3, 0.4) is 0 Å². The predicted molar refractivity (Wildman–Crippen MR) is 79.0 cm³/mol. The van der Waals surface area contributed by atoms with E-state index in [0.717, 1.165) is 38.5 Å². The molecule has 19 heavy (non-hydrogen) atoms. The van der Waals surface area contributed by atoms with Crippen LogP contribution in [0.1, 0.15) is 73.1 Å². The molecule has 0 aliphatic heterocycles. The van der Waals surface area contributed by atoms with Crippen LogP contribution in [0, 0.1) is 23.2 Å². The summed E-state index contributed by atoms with van der Waals surface area (Å²) in [4.78, 5) is 24.5. The molecule has 1 fully saturated rings. The van der Waals surface area contributed by atoms with Crippen LogP contribution >= 0.6 is 0 Å². The van der Waals surface area contributed by atoms with Crippen molar-refractivity contribution in [3.05, 3.63) is 0 Å². The first kappa shape index (κ1) is 16.4. The van der Waals surface area contributed by atoms with Crippen molar-refractivity contribution in [1.29, 1.82) is 0 Å². The monoisotopic (exact) mass is 266 g/mol. The molecule has 0 spiro atoms. The largest absolute Gasteiger partial charge is 0.299 e. The zero-order valence-corrected chi connectivity index (χ0v) is 13.3. The first-order valence-electron chi connectivity index (χ1n) is 7.85. The van der Waals surface area contributed by atoms with Gasteiger partial charge in [0.15, 0.2) is 0 Å². The lowest BCUT2D eigenvalue weighted by Crippen LogP contribution is -2.33. The van der Waals surface area contributed by atoms with Gasteiger partial charge in [0, 0.05) is 23.2 Å². The summed E-state index contributed by atoms with van der Waals surface area (Å²) in [5, 5.41) is 0. The van der Waals surface area contributed by atoms with E-state index in [9.17, 15) is 9.59 Å². The van der Waals surface area contributed by atoms with Gasteiger partial charge in [-0.2, -0.15) is 0 Å². The molecule has 1 atom stereocenters. The normalized spacial score (nSPS) is 25.9. The van der Waals surface area contributed by atoms with E-state index in [-0.39, 0.29) is 23.2 Å². The van der Waals surface area contributed by atoms with Crippen molar-refractivity contribution in [3.8, 4) is 0 Å². The Bertz CT molecular complexity index is 317. The number of carbonyl (C=O) groups excluding carboxylic acids is 2. The molecule has 0 aromatic heterocycles. The third-order valence-corrected chi connectivity index (χ3v) is 4.45. The van der Waals surface area contributed by atoms with E-state index < -0.39 is 0 Å². The van der Waals surface area contributed by atoms with Crippen LogP contribution < -0.4 is 0 Å². The molecule has 0 saturated heterocycles. The molecular weight excluding hydrogens is 236 g/mol. The van der Waals surface area contributed by atoms with Gasteiger partial charge in [-0.25, -0.2) is 0 Å². The number of carbonyl (C=O) groups is 2. The van der Waals surface area contributed by atoms with E-state index in [0.29, 0.717) is 11.6 Å². The maximum atomic E-state index is 12.3. The third kappa shape index (κ3) is 4.43. The van der Waals surface area contributed by atoms with E-state index in [4.69, 9.17) is 0 Å². The number of hydrogen-bond acceptors (Lipinski definition) is 2. The fraction of sp³-hybridized carbons (Fsp3) is 0.882. The maximum Gasteiger partial charge on any atom is 0.141 e. The Balaban J connectivity index is 2.49. The van der Waals surface area contributed by atoms with E-state index in [1.165, 1.54) is 0 Å². The molecule has 0 heterocycles. The molecule has 0 aromatic rings. The zero-order valence-electron chi connectivity index (χ0n) is 13.3. The van der Waals surface area contributed by atoms with Gasteiger partial charge >= 0.3 is 0 Å². The SMILES string of the molecule is CCCC(C)C(=O)C1CCC(C(=O)C(C)(C)C)CC1. The Morgan fingerprint density at radius 1 is 1.05 bits per heavy atom. The minimum atomic E-state index is -0.239. The van der Waals surface area contributed by atoms with E-state index in [1.54, 1.807) is 0 Å². The fourth-order valence-corrected chi connectivity index (χ4v) is 3.23. The van der Waals surface area contributed by atoms with Crippen LogP contribution in [-0.4, -0.2) is 11.6 Å². The highest BCUT2D eigenvalue weighted by molar-refractivity contribution is 5.87. The minimum Gasteiger partial charge on any atom is -0.299 e. The second-order valence-electron chi connectivity index (χ2n) is 7.25.